The van der Waals surface area contributed by atoms with Crippen molar-refractivity contribution in [1.82, 2.24) is 10.2 Å². The summed E-state index contributed by atoms with van der Waals surface area (Å²) >= 11 is 12.1. The maximum absolute atomic E-state index is 11.4. The van der Waals surface area contributed by atoms with Crippen LogP contribution in [0.25, 0.3) is 22.6 Å². The van der Waals surface area contributed by atoms with E-state index < -0.39 is 5.97 Å². The highest BCUT2D eigenvalue weighted by Gasteiger charge is 2.11. The summed E-state index contributed by atoms with van der Waals surface area (Å²) in [6, 6.07) is 13.8. The number of carbonyl (C=O) groups is 1. The lowest BCUT2D eigenvalue weighted by atomic mass is 10.1. The van der Waals surface area contributed by atoms with Gasteiger partial charge in [0.15, 0.2) is 0 Å². The summed E-state index contributed by atoms with van der Waals surface area (Å²) in [5.74, 6) is 0.147. The predicted molar refractivity (Wildman–Crippen MR) is 96.2 cm³/mol. The van der Waals surface area contributed by atoms with E-state index in [1.807, 2.05) is 0 Å². The van der Waals surface area contributed by atoms with Crippen LogP contribution in [-0.4, -0.2) is 23.3 Å². The summed E-state index contributed by atoms with van der Waals surface area (Å²) in [5, 5.41) is 8.84. The third-order valence-electron chi connectivity index (χ3n) is 3.35. The van der Waals surface area contributed by atoms with Gasteiger partial charge < -0.3 is 9.15 Å². The zero-order valence-corrected chi connectivity index (χ0v) is 14.6. The van der Waals surface area contributed by atoms with Crippen molar-refractivity contribution in [2.75, 3.05) is 7.11 Å². The Hall–Kier alpha value is -2.63. The lowest BCUT2D eigenvalue weighted by Gasteiger charge is -2.00. The maximum atomic E-state index is 11.4. The van der Waals surface area contributed by atoms with E-state index in [0.29, 0.717) is 21.5 Å². The molecule has 0 amide bonds. The van der Waals surface area contributed by atoms with Crippen LogP contribution in [0, 0.1) is 0 Å². The maximum Gasteiger partial charge on any atom is 0.337 e. The predicted octanol–water partition coefficient (Wildman–Crippen LogP) is 4.91. The van der Waals surface area contributed by atoms with Crippen molar-refractivity contribution in [1.29, 1.82) is 0 Å². The van der Waals surface area contributed by atoms with Crippen molar-refractivity contribution < 1.29 is 13.9 Å². The smallest absolute Gasteiger partial charge is 0.337 e. The molecule has 0 aliphatic heterocycles. The fourth-order valence-electron chi connectivity index (χ4n) is 2.07. The second-order valence-electron chi connectivity index (χ2n) is 5.03. The van der Waals surface area contributed by atoms with Crippen LogP contribution in [0.5, 0.6) is 0 Å². The van der Waals surface area contributed by atoms with Crippen molar-refractivity contribution in [3.8, 4) is 11.5 Å². The Kier molecular flexibility index (Phi) is 5.16. The van der Waals surface area contributed by atoms with Crippen molar-refractivity contribution >= 4 is 40.3 Å². The number of rotatable bonds is 4. The van der Waals surface area contributed by atoms with Gasteiger partial charge in [0.25, 0.3) is 5.89 Å². The van der Waals surface area contributed by atoms with E-state index in [1.165, 1.54) is 7.11 Å². The molecule has 0 saturated carbocycles. The number of nitrogens with zero attached hydrogens (tertiary/aromatic N) is 2. The molecule has 7 heteroatoms. The number of aromatic nitrogens is 2. The molecular formula is C18H12Cl2N2O3. The van der Waals surface area contributed by atoms with E-state index >= 15 is 0 Å². The Morgan fingerprint density at radius 1 is 1.08 bits per heavy atom. The molecule has 3 aromatic rings. The third kappa shape index (κ3) is 4.07. The van der Waals surface area contributed by atoms with Gasteiger partial charge in [-0.3, -0.25) is 0 Å². The molecule has 0 radical (unpaired) electrons. The Morgan fingerprint density at radius 2 is 1.76 bits per heavy atom. The van der Waals surface area contributed by atoms with Gasteiger partial charge in [0.05, 0.1) is 12.7 Å². The summed E-state index contributed by atoms with van der Waals surface area (Å²) < 4.78 is 10.2. The van der Waals surface area contributed by atoms with E-state index in [4.69, 9.17) is 27.6 Å². The molecule has 0 unspecified atom stereocenters. The van der Waals surface area contributed by atoms with Gasteiger partial charge in [-0.15, -0.1) is 10.2 Å². The highest BCUT2D eigenvalue weighted by atomic mass is 35.5. The molecule has 0 N–H and O–H groups in total. The molecular weight excluding hydrogens is 363 g/mol. The van der Waals surface area contributed by atoms with Crippen LogP contribution in [0.2, 0.25) is 5.02 Å². The van der Waals surface area contributed by atoms with Crippen molar-refractivity contribution in [2.45, 2.75) is 0 Å². The first-order valence-corrected chi connectivity index (χ1v) is 7.98. The zero-order chi connectivity index (χ0) is 17.8. The van der Waals surface area contributed by atoms with Gasteiger partial charge >= 0.3 is 5.97 Å². The number of ether oxygens (including phenoxy) is 1. The average Bonchev–Trinajstić information content (AvgIpc) is 3.12. The van der Waals surface area contributed by atoms with Crippen LogP contribution >= 0.6 is 23.2 Å². The minimum absolute atomic E-state index is 0.198. The van der Waals surface area contributed by atoms with Crippen molar-refractivity contribution in [2.24, 2.45) is 0 Å². The van der Waals surface area contributed by atoms with E-state index in [1.54, 1.807) is 54.6 Å². The van der Waals surface area contributed by atoms with Crippen LogP contribution in [0.15, 0.2) is 52.9 Å². The fourth-order valence-corrected chi connectivity index (χ4v) is 2.40. The molecule has 1 aromatic heterocycles. The number of esters is 1. The van der Waals surface area contributed by atoms with Gasteiger partial charge in [-0.1, -0.05) is 35.3 Å². The molecule has 1 heterocycles. The topological polar surface area (TPSA) is 65.2 Å². The second kappa shape index (κ2) is 7.51. The van der Waals surface area contributed by atoms with Crippen LogP contribution < -0.4 is 0 Å². The highest BCUT2D eigenvalue weighted by Crippen LogP contribution is 2.26. The van der Waals surface area contributed by atoms with Gasteiger partial charge in [0.1, 0.15) is 5.03 Å². The summed E-state index contributed by atoms with van der Waals surface area (Å²) in [5.41, 5.74) is 1.98. The molecule has 126 valence electrons. The molecule has 5 nitrogen and oxygen atoms in total. The number of hydrogen-bond acceptors (Lipinski definition) is 5. The largest absolute Gasteiger partial charge is 0.465 e. The van der Waals surface area contributed by atoms with E-state index in [-0.39, 0.29) is 5.89 Å². The van der Waals surface area contributed by atoms with Crippen LogP contribution in [0.1, 0.15) is 21.8 Å². The standard InChI is InChI=1S/C18H12Cl2N2O3/c1-24-18(23)13-4-2-11(3-5-13)10-15(20)17-22-21-16(25-17)12-6-8-14(19)9-7-12/h2-10H,1H3/b15-10-. The first-order chi connectivity index (χ1) is 12.1. The van der Waals surface area contributed by atoms with E-state index in [2.05, 4.69) is 14.9 Å². The summed E-state index contributed by atoms with van der Waals surface area (Å²) in [6.07, 6.45) is 1.67. The third-order valence-corrected chi connectivity index (χ3v) is 3.87. The minimum atomic E-state index is -0.397. The summed E-state index contributed by atoms with van der Waals surface area (Å²) in [6.45, 7) is 0. The molecule has 0 aliphatic carbocycles. The Morgan fingerprint density at radius 3 is 2.40 bits per heavy atom. The number of hydrogen-bond donors (Lipinski definition) is 0. The van der Waals surface area contributed by atoms with Crippen LogP contribution in [-0.2, 0) is 4.74 Å². The minimum Gasteiger partial charge on any atom is -0.465 e. The normalized spacial score (nSPS) is 11.4. The Balaban J connectivity index is 1.81. The van der Waals surface area contributed by atoms with Gasteiger partial charge in [-0.2, -0.15) is 0 Å². The van der Waals surface area contributed by atoms with Crippen LogP contribution in [0.3, 0.4) is 0 Å². The lowest BCUT2D eigenvalue weighted by Crippen LogP contribution is -2.00. The zero-order valence-electron chi connectivity index (χ0n) is 13.1. The summed E-state index contributed by atoms with van der Waals surface area (Å²) in [7, 11) is 1.33. The van der Waals surface area contributed by atoms with Crippen molar-refractivity contribution in [3.05, 3.63) is 70.6 Å². The Bertz CT molecular complexity index is 916. The second-order valence-corrected chi connectivity index (χ2v) is 5.87. The number of carbonyl (C=O) groups excluding carboxylic acids is 1. The molecule has 0 bridgehead atoms. The molecule has 0 fully saturated rings. The average molecular weight is 375 g/mol. The lowest BCUT2D eigenvalue weighted by molar-refractivity contribution is 0.0600. The SMILES string of the molecule is COC(=O)c1ccc(/C=C(\Cl)c2nnc(-c3ccc(Cl)cc3)o2)cc1. The number of benzene rings is 2. The van der Waals surface area contributed by atoms with Crippen LogP contribution in [0.4, 0.5) is 0 Å². The summed E-state index contributed by atoms with van der Waals surface area (Å²) in [4.78, 5) is 11.4. The molecule has 0 spiro atoms. The molecule has 0 atom stereocenters. The number of halogens is 2. The highest BCUT2D eigenvalue weighted by molar-refractivity contribution is 6.50. The van der Waals surface area contributed by atoms with E-state index in [9.17, 15) is 4.79 Å². The number of methoxy groups -OCH3 is 1. The van der Waals surface area contributed by atoms with Gasteiger partial charge in [0.2, 0.25) is 5.89 Å². The molecule has 0 aliphatic rings. The van der Waals surface area contributed by atoms with Gasteiger partial charge in [-0.25, -0.2) is 4.79 Å². The molecule has 0 saturated heterocycles. The fraction of sp³-hybridized carbons (Fsp3) is 0.0556. The van der Waals surface area contributed by atoms with Gasteiger partial charge in [0, 0.05) is 10.6 Å². The first-order valence-electron chi connectivity index (χ1n) is 7.22. The molecule has 2 aromatic carbocycles. The Labute approximate surface area is 153 Å². The quantitative estimate of drug-likeness (QED) is 0.606. The van der Waals surface area contributed by atoms with E-state index in [0.717, 1.165) is 11.1 Å². The molecule has 3 rings (SSSR count). The molecule has 25 heavy (non-hydrogen) atoms. The van der Waals surface area contributed by atoms with Gasteiger partial charge in [-0.05, 0) is 48.0 Å². The van der Waals surface area contributed by atoms with Crippen molar-refractivity contribution in [3.63, 3.8) is 0 Å². The first kappa shape index (κ1) is 17.2. The monoisotopic (exact) mass is 374 g/mol.